The van der Waals surface area contributed by atoms with E-state index in [0.29, 0.717) is 0 Å². The maximum Gasteiger partial charge on any atom is 0.394 e. The number of carboxylic acid groups (broad SMARTS) is 3. The van der Waals surface area contributed by atoms with E-state index >= 15 is 0 Å². The van der Waals surface area contributed by atoms with Crippen molar-refractivity contribution in [3.05, 3.63) is 0 Å². The Morgan fingerprint density at radius 2 is 0.944 bits per heavy atom. The van der Waals surface area contributed by atoms with Gasteiger partial charge in [-0.05, 0) is 0 Å². The van der Waals surface area contributed by atoms with Crippen molar-refractivity contribution in [2.75, 3.05) is 19.6 Å². The summed E-state index contributed by atoms with van der Waals surface area (Å²) in [7, 11) is -4.67. The molecule has 0 heterocycles. The summed E-state index contributed by atoms with van der Waals surface area (Å²) in [6, 6.07) is 0. The predicted molar refractivity (Wildman–Crippen MR) is 53.5 cm³/mol. The van der Waals surface area contributed by atoms with E-state index < -0.39 is 47.9 Å². The van der Waals surface area contributed by atoms with Crippen LogP contribution >= 0.6 is 0 Å². The predicted octanol–water partition coefficient (Wildman–Crippen LogP) is -2.11. The lowest BCUT2D eigenvalue weighted by Crippen LogP contribution is -2.38. The molecule has 11 nitrogen and oxygen atoms in total. The van der Waals surface area contributed by atoms with Gasteiger partial charge in [-0.1, -0.05) is 0 Å². The molecule has 0 aliphatic rings. The highest BCUT2D eigenvalue weighted by Crippen LogP contribution is 1.87. The molecule has 0 aromatic rings. The van der Waals surface area contributed by atoms with Crippen molar-refractivity contribution in [3.63, 3.8) is 0 Å². The van der Waals surface area contributed by atoms with E-state index in [0.717, 1.165) is 4.90 Å². The maximum absolute atomic E-state index is 10.1. The molecule has 0 fully saturated rings. The third-order valence-electron chi connectivity index (χ3n) is 1.08. The summed E-state index contributed by atoms with van der Waals surface area (Å²) < 4.78 is 31.6. The van der Waals surface area contributed by atoms with Gasteiger partial charge in [-0.2, -0.15) is 8.42 Å². The molecular weight excluding hydrogens is 278 g/mol. The van der Waals surface area contributed by atoms with Crippen LogP contribution in [-0.2, 0) is 24.8 Å². The third kappa shape index (κ3) is 23.8. The van der Waals surface area contributed by atoms with E-state index in [4.69, 9.17) is 32.8 Å². The van der Waals surface area contributed by atoms with E-state index in [-0.39, 0.29) is 0 Å². The number of carboxylic acids is 3. The molecule has 18 heavy (non-hydrogen) atoms. The van der Waals surface area contributed by atoms with Gasteiger partial charge in [-0.25, -0.2) is 0 Å². The normalized spacial score (nSPS) is 10.4. The fourth-order valence-electron chi connectivity index (χ4n) is 0.742. The summed E-state index contributed by atoms with van der Waals surface area (Å²) >= 11 is 0. The molecule has 0 rings (SSSR count). The zero-order chi connectivity index (χ0) is 14.9. The minimum atomic E-state index is -4.67. The third-order valence-corrected chi connectivity index (χ3v) is 1.08. The van der Waals surface area contributed by atoms with E-state index in [1.807, 2.05) is 0 Å². The van der Waals surface area contributed by atoms with E-state index in [2.05, 4.69) is 0 Å². The summed E-state index contributed by atoms with van der Waals surface area (Å²) in [6.07, 6.45) is 0. The van der Waals surface area contributed by atoms with Gasteiger partial charge in [0, 0.05) is 0 Å². The van der Waals surface area contributed by atoms with Crippen molar-refractivity contribution in [3.8, 4) is 0 Å². The highest BCUT2D eigenvalue weighted by atomic mass is 32.3. The average Bonchev–Trinajstić information content (AvgIpc) is 1.94. The quantitative estimate of drug-likeness (QED) is 0.336. The Kier molecular flexibility index (Phi) is 8.63. The Labute approximate surface area is 101 Å². The van der Waals surface area contributed by atoms with E-state index in [9.17, 15) is 14.4 Å². The maximum atomic E-state index is 10.1. The fraction of sp³-hybridized carbons (Fsp3) is 0.500. The van der Waals surface area contributed by atoms with Crippen molar-refractivity contribution in [2.24, 2.45) is 0 Å². The van der Waals surface area contributed by atoms with Crippen molar-refractivity contribution in [2.45, 2.75) is 0 Å². The molecular formula is C6H11NO10S. The van der Waals surface area contributed by atoms with E-state index in [1.165, 1.54) is 0 Å². The van der Waals surface area contributed by atoms with Gasteiger partial charge in [-0.15, -0.1) is 0 Å². The van der Waals surface area contributed by atoms with Crippen LogP contribution in [0.2, 0.25) is 0 Å². The lowest BCUT2D eigenvalue weighted by Gasteiger charge is -2.14. The Hall–Kier alpha value is -1.76. The lowest BCUT2D eigenvalue weighted by atomic mass is 10.4. The van der Waals surface area contributed by atoms with Crippen LogP contribution in [0.4, 0.5) is 0 Å². The zero-order valence-electron chi connectivity index (χ0n) is 8.75. The molecule has 0 unspecified atom stereocenters. The molecule has 0 radical (unpaired) electrons. The van der Waals surface area contributed by atoms with E-state index in [1.54, 1.807) is 0 Å². The summed E-state index contributed by atoms with van der Waals surface area (Å²) in [5.74, 6) is -3.78. The standard InChI is InChI=1S/C6H9NO6.H2O4S/c8-4(9)1-7(2-5(10)11)3-6(12)13;1-5(2,3)4/h1-3H2,(H,8,9)(H,10,11)(H,12,13);(H2,1,2,3,4). The summed E-state index contributed by atoms with van der Waals surface area (Å²) in [5.41, 5.74) is 0. The van der Waals surface area contributed by atoms with Crippen LogP contribution in [0.3, 0.4) is 0 Å². The average molecular weight is 289 g/mol. The van der Waals surface area contributed by atoms with Gasteiger partial charge < -0.3 is 15.3 Å². The molecule has 0 atom stereocenters. The largest absolute Gasteiger partial charge is 0.480 e. The van der Waals surface area contributed by atoms with Crippen LogP contribution in [0.25, 0.3) is 0 Å². The molecule has 12 heteroatoms. The first-order chi connectivity index (χ1) is 7.91. The molecule has 0 bridgehead atoms. The number of carbonyl (C=O) groups is 3. The molecule has 5 N–H and O–H groups in total. The second-order valence-corrected chi connectivity index (χ2v) is 3.67. The molecule has 0 spiro atoms. The van der Waals surface area contributed by atoms with Gasteiger partial charge in [0.2, 0.25) is 0 Å². The molecule has 0 saturated carbocycles. The zero-order valence-corrected chi connectivity index (χ0v) is 9.57. The summed E-state index contributed by atoms with van der Waals surface area (Å²) in [6.45, 7) is -1.80. The Morgan fingerprint density at radius 1 is 0.778 bits per heavy atom. The monoisotopic (exact) mass is 289 g/mol. The molecule has 0 saturated heterocycles. The van der Waals surface area contributed by atoms with Crippen molar-refractivity contribution >= 4 is 28.3 Å². The van der Waals surface area contributed by atoms with Gasteiger partial charge in [-0.3, -0.25) is 28.4 Å². The highest BCUT2D eigenvalue weighted by molar-refractivity contribution is 7.79. The minimum Gasteiger partial charge on any atom is -0.480 e. The van der Waals surface area contributed by atoms with Crippen LogP contribution in [0, 0.1) is 0 Å². The van der Waals surface area contributed by atoms with Gasteiger partial charge >= 0.3 is 28.3 Å². The number of hydrogen-bond donors (Lipinski definition) is 5. The van der Waals surface area contributed by atoms with Crippen LogP contribution in [0.15, 0.2) is 0 Å². The van der Waals surface area contributed by atoms with Crippen LogP contribution in [-0.4, -0.2) is 75.3 Å². The smallest absolute Gasteiger partial charge is 0.394 e. The van der Waals surface area contributed by atoms with Gasteiger partial charge in [0.1, 0.15) is 0 Å². The van der Waals surface area contributed by atoms with Gasteiger partial charge in [0.15, 0.2) is 0 Å². The van der Waals surface area contributed by atoms with Crippen LogP contribution in [0.1, 0.15) is 0 Å². The fourth-order valence-corrected chi connectivity index (χ4v) is 0.742. The number of nitrogens with zero attached hydrogens (tertiary/aromatic N) is 1. The first-order valence-electron chi connectivity index (χ1n) is 3.99. The minimum absolute atomic E-state index is 0.599. The Morgan fingerprint density at radius 3 is 1.06 bits per heavy atom. The van der Waals surface area contributed by atoms with Crippen molar-refractivity contribution in [1.82, 2.24) is 4.90 Å². The summed E-state index contributed by atoms with van der Waals surface area (Å²) in [4.78, 5) is 31.2. The van der Waals surface area contributed by atoms with Crippen molar-refractivity contribution < 1.29 is 47.2 Å². The second-order valence-electron chi connectivity index (χ2n) is 2.77. The van der Waals surface area contributed by atoms with Crippen LogP contribution in [0.5, 0.6) is 0 Å². The van der Waals surface area contributed by atoms with Gasteiger partial charge in [0.05, 0.1) is 19.6 Å². The molecule has 106 valence electrons. The molecule has 0 amide bonds. The SMILES string of the molecule is O=C(O)CN(CC(=O)O)CC(=O)O.O=S(=O)(O)O. The Bertz CT molecular complexity index is 355. The number of hydrogen-bond acceptors (Lipinski definition) is 6. The van der Waals surface area contributed by atoms with Gasteiger partial charge in [0.25, 0.3) is 0 Å². The molecule has 0 aliphatic heterocycles. The topological polar surface area (TPSA) is 190 Å². The first kappa shape index (κ1) is 18.6. The number of aliphatic carboxylic acids is 3. The van der Waals surface area contributed by atoms with Crippen LogP contribution < -0.4 is 0 Å². The number of rotatable bonds is 6. The Balaban J connectivity index is 0. The lowest BCUT2D eigenvalue weighted by molar-refractivity contribution is -0.144. The second kappa shape index (κ2) is 8.35. The molecule has 0 aliphatic carbocycles. The molecule has 0 aromatic heterocycles. The molecule has 0 aromatic carbocycles. The first-order valence-corrected chi connectivity index (χ1v) is 5.39. The highest BCUT2D eigenvalue weighted by Gasteiger charge is 2.15. The van der Waals surface area contributed by atoms with Crippen molar-refractivity contribution in [1.29, 1.82) is 0 Å². The summed E-state index contributed by atoms with van der Waals surface area (Å²) in [5, 5.41) is 24.8.